The molecule has 1 saturated carbocycles. The van der Waals surface area contributed by atoms with Crippen LogP contribution in [-0.2, 0) is 15.9 Å². The highest BCUT2D eigenvalue weighted by molar-refractivity contribution is 7.89. The van der Waals surface area contributed by atoms with Crippen molar-refractivity contribution in [3.8, 4) is 0 Å². The maximum atomic E-state index is 13.3. The van der Waals surface area contributed by atoms with Crippen LogP contribution in [-0.4, -0.2) is 25.3 Å². The van der Waals surface area contributed by atoms with Gasteiger partial charge < -0.3 is 0 Å². The number of halogens is 2. The number of fused-ring (bicyclic) bond motifs is 2. The Balaban J connectivity index is 1.92. The Morgan fingerprint density at radius 2 is 1.71 bits per heavy atom. The van der Waals surface area contributed by atoms with Crippen molar-refractivity contribution in [2.24, 2.45) is 10.8 Å². The largest absolute Gasteiger partial charge is 0.270 e. The van der Waals surface area contributed by atoms with Gasteiger partial charge in [-0.25, -0.2) is 17.2 Å². The van der Waals surface area contributed by atoms with Crippen LogP contribution in [0.3, 0.4) is 0 Å². The molecule has 2 aliphatic rings. The Morgan fingerprint density at radius 3 is 2.25 bits per heavy atom. The van der Waals surface area contributed by atoms with E-state index in [1.165, 1.54) is 24.3 Å². The summed E-state index contributed by atoms with van der Waals surface area (Å²) >= 11 is 0. The minimum atomic E-state index is -3.66. The van der Waals surface area contributed by atoms with Crippen molar-refractivity contribution in [2.75, 3.05) is 6.54 Å². The Labute approximate surface area is 143 Å². The molecule has 1 saturated heterocycles. The molecule has 0 aromatic heterocycles. The van der Waals surface area contributed by atoms with Crippen LogP contribution >= 0.6 is 0 Å². The van der Waals surface area contributed by atoms with E-state index in [1.54, 1.807) is 4.31 Å². The van der Waals surface area contributed by atoms with Gasteiger partial charge in [0.2, 0.25) is 10.0 Å². The van der Waals surface area contributed by atoms with Gasteiger partial charge in [0.15, 0.2) is 0 Å². The molecule has 0 radical (unpaired) electrons. The monoisotopic (exact) mass is 357 g/mol. The molecule has 3 nitrogen and oxygen atoms in total. The second kappa shape index (κ2) is 5.24. The highest BCUT2D eigenvalue weighted by Crippen LogP contribution is 2.53. The highest BCUT2D eigenvalue weighted by atomic mass is 32.2. The third-order valence-corrected chi connectivity index (χ3v) is 7.25. The zero-order chi connectivity index (χ0) is 18.0. The number of hydrogen-bond donors (Lipinski definition) is 0. The lowest BCUT2D eigenvalue weighted by Gasteiger charge is -2.39. The molecule has 1 aliphatic heterocycles. The summed E-state index contributed by atoms with van der Waals surface area (Å²) in [5.41, 5.74) is -0.0546. The van der Waals surface area contributed by atoms with Gasteiger partial charge in [0.1, 0.15) is 0 Å². The fourth-order valence-corrected chi connectivity index (χ4v) is 6.52. The molecule has 2 bridgehead atoms. The molecule has 24 heavy (non-hydrogen) atoms. The van der Waals surface area contributed by atoms with Crippen molar-refractivity contribution in [2.45, 2.75) is 63.8 Å². The predicted molar refractivity (Wildman–Crippen MR) is 89.4 cm³/mol. The normalized spacial score (nSPS) is 30.5. The van der Waals surface area contributed by atoms with Crippen LogP contribution in [0.5, 0.6) is 0 Å². The summed E-state index contributed by atoms with van der Waals surface area (Å²) in [4.78, 5) is 0.101. The zero-order valence-electron chi connectivity index (χ0n) is 14.6. The summed E-state index contributed by atoms with van der Waals surface area (Å²) in [6.07, 6.45) is 2.72. The first-order valence-electron chi connectivity index (χ1n) is 8.33. The molecule has 3 rings (SSSR count). The molecule has 1 aromatic rings. The molecule has 134 valence electrons. The molecule has 2 unspecified atom stereocenters. The van der Waals surface area contributed by atoms with Gasteiger partial charge in [-0.15, -0.1) is 0 Å². The molecule has 1 heterocycles. The standard InChI is InChI=1S/C18H25F2NO2S/c1-16(2)9-14-10-17(3,11-16)12-21(14)24(22,23)15-7-5-13(6-8-15)18(4,19)20/h5-8,14H,9-12H2,1-4H3. The van der Waals surface area contributed by atoms with Gasteiger partial charge in [-0.1, -0.05) is 32.9 Å². The predicted octanol–water partition coefficient (Wildman–Crippen LogP) is 4.39. The number of nitrogens with zero attached hydrogens (tertiary/aromatic N) is 1. The zero-order valence-corrected chi connectivity index (χ0v) is 15.5. The first-order chi connectivity index (χ1) is 10.8. The Morgan fingerprint density at radius 1 is 1.12 bits per heavy atom. The third kappa shape index (κ3) is 3.10. The molecule has 2 fully saturated rings. The Hall–Kier alpha value is -1.01. The van der Waals surface area contributed by atoms with Crippen LogP contribution in [0.2, 0.25) is 0 Å². The average Bonchev–Trinajstić information content (AvgIpc) is 2.67. The van der Waals surface area contributed by atoms with Gasteiger partial charge in [-0.2, -0.15) is 4.31 Å². The van der Waals surface area contributed by atoms with Gasteiger partial charge in [-0.05, 0) is 42.2 Å². The van der Waals surface area contributed by atoms with Crippen LogP contribution in [0.25, 0.3) is 0 Å². The highest BCUT2D eigenvalue weighted by Gasteiger charge is 2.53. The molecule has 1 aromatic carbocycles. The van der Waals surface area contributed by atoms with Crippen molar-refractivity contribution >= 4 is 10.0 Å². The lowest BCUT2D eigenvalue weighted by atomic mass is 9.65. The SMILES string of the molecule is CC1(C)CC2CC(C)(CN2S(=O)(=O)c2ccc(C(C)(F)F)cc2)C1. The number of rotatable bonds is 3. The van der Waals surface area contributed by atoms with E-state index in [0.29, 0.717) is 6.54 Å². The Kier molecular flexibility index (Phi) is 3.89. The summed E-state index contributed by atoms with van der Waals surface area (Å²) in [7, 11) is -3.66. The quantitative estimate of drug-likeness (QED) is 0.805. The average molecular weight is 357 g/mol. The molecule has 0 spiro atoms. The van der Waals surface area contributed by atoms with Crippen molar-refractivity contribution in [1.82, 2.24) is 4.31 Å². The molecule has 0 amide bonds. The summed E-state index contributed by atoms with van der Waals surface area (Å²) < 4.78 is 54.3. The Bertz CT molecular complexity index is 737. The van der Waals surface area contributed by atoms with Crippen LogP contribution in [0.15, 0.2) is 29.2 Å². The van der Waals surface area contributed by atoms with Crippen LogP contribution in [0.1, 0.15) is 52.5 Å². The van der Waals surface area contributed by atoms with Gasteiger partial charge in [0.25, 0.3) is 5.92 Å². The molecule has 0 N–H and O–H groups in total. The number of alkyl halides is 2. The van der Waals surface area contributed by atoms with Gasteiger partial charge in [-0.3, -0.25) is 0 Å². The van der Waals surface area contributed by atoms with Crippen molar-refractivity contribution in [3.63, 3.8) is 0 Å². The lowest BCUT2D eigenvalue weighted by Crippen LogP contribution is -2.37. The molecule has 1 aliphatic carbocycles. The maximum Gasteiger partial charge on any atom is 0.270 e. The lowest BCUT2D eigenvalue weighted by molar-refractivity contribution is 0.0174. The summed E-state index contributed by atoms with van der Waals surface area (Å²) in [5.74, 6) is -2.97. The second-order valence-corrected chi connectivity index (χ2v) is 10.6. The topological polar surface area (TPSA) is 37.4 Å². The number of sulfonamides is 1. The first kappa shape index (κ1) is 17.8. The van der Waals surface area contributed by atoms with E-state index in [2.05, 4.69) is 20.8 Å². The van der Waals surface area contributed by atoms with Gasteiger partial charge in [0.05, 0.1) is 4.90 Å². The van der Waals surface area contributed by atoms with E-state index in [9.17, 15) is 17.2 Å². The number of hydrogen-bond acceptors (Lipinski definition) is 2. The third-order valence-electron chi connectivity index (χ3n) is 5.33. The molecular weight excluding hydrogens is 332 g/mol. The summed E-state index contributed by atoms with van der Waals surface area (Å²) in [6, 6.07) is 5.02. The molecule has 2 atom stereocenters. The van der Waals surface area contributed by atoms with Gasteiger partial charge in [0, 0.05) is 25.1 Å². The van der Waals surface area contributed by atoms with Crippen molar-refractivity contribution < 1.29 is 17.2 Å². The summed E-state index contributed by atoms with van der Waals surface area (Å²) in [6.45, 7) is 7.84. The van der Waals surface area contributed by atoms with Crippen molar-refractivity contribution in [3.05, 3.63) is 29.8 Å². The van der Waals surface area contributed by atoms with Crippen LogP contribution in [0, 0.1) is 10.8 Å². The van der Waals surface area contributed by atoms with Crippen molar-refractivity contribution in [1.29, 1.82) is 0 Å². The minimum Gasteiger partial charge on any atom is -0.207 e. The number of benzene rings is 1. The maximum absolute atomic E-state index is 13.3. The summed E-state index contributed by atoms with van der Waals surface area (Å²) in [5, 5.41) is 0. The van der Waals surface area contributed by atoms with Crippen LogP contribution < -0.4 is 0 Å². The smallest absolute Gasteiger partial charge is 0.207 e. The van der Waals surface area contributed by atoms with E-state index < -0.39 is 15.9 Å². The fraction of sp³-hybridized carbons (Fsp3) is 0.667. The first-order valence-corrected chi connectivity index (χ1v) is 9.77. The molecular formula is C18H25F2NO2S. The van der Waals surface area contributed by atoms with E-state index in [4.69, 9.17) is 0 Å². The van der Waals surface area contributed by atoms with E-state index in [0.717, 1.165) is 26.2 Å². The van der Waals surface area contributed by atoms with Crippen LogP contribution in [0.4, 0.5) is 8.78 Å². The fourth-order valence-electron chi connectivity index (χ4n) is 4.74. The second-order valence-electron chi connectivity index (χ2n) is 8.68. The van der Waals surface area contributed by atoms with E-state index in [1.807, 2.05) is 0 Å². The van der Waals surface area contributed by atoms with E-state index >= 15 is 0 Å². The van der Waals surface area contributed by atoms with E-state index in [-0.39, 0.29) is 27.3 Å². The molecule has 6 heteroatoms. The minimum absolute atomic E-state index is 0.00366. The van der Waals surface area contributed by atoms with Gasteiger partial charge >= 0.3 is 0 Å².